The molecule has 1 amide bonds. The standard InChI is InChI=1S/C12H11N3O3/c1-15(7-10(16)17)12(18)8-3-2-4-9-11(8)14-6-5-13-9/h2-6H,7H2,1H3,(H,16,17). The van der Waals surface area contributed by atoms with Crippen LogP contribution in [0.5, 0.6) is 0 Å². The fourth-order valence-corrected chi connectivity index (χ4v) is 1.65. The van der Waals surface area contributed by atoms with Crippen LogP contribution in [0.15, 0.2) is 30.6 Å². The zero-order chi connectivity index (χ0) is 13.1. The summed E-state index contributed by atoms with van der Waals surface area (Å²) >= 11 is 0. The Hall–Kier alpha value is -2.50. The quantitative estimate of drug-likeness (QED) is 0.864. The van der Waals surface area contributed by atoms with Crippen LogP contribution < -0.4 is 0 Å². The van der Waals surface area contributed by atoms with E-state index in [9.17, 15) is 9.59 Å². The molecule has 6 heteroatoms. The fourth-order valence-electron chi connectivity index (χ4n) is 1.65. The van der Waals surface area contributed by atoms with Crippen LogP contribution in [0.4, 0.5) is 0 Å². The lowest BCUT2D eigenvalue weighted by molar-refractivity contribution is -0.137. The molecular weight excluding hydrogens is 234 g/mol. The van der Waals surface area contributed by atoms with Gasteiger partial charge in [-0.1, -0.05) is 6.07 Å². The smallest absolute Gasteiger partial charge is 0.323 e. The average molecular weight is 245 g/mol. The minimum atomic E-state index is -1.06. The highest BCUT2D eigenvalue weighted by atomic mass is 16.4. The fraction of sp³-hybridized carbons (Fsp3) is 0.167. The summed E-state index contributed by atoms with van der Waals surface area (Å²) in [6.45, 7) is -0.352. The summed E-state index contributed by atoms with van der Waals surface area (Å²) in [4.78, 5) is 32.0. The van der Waals surface area contributed by atoms with Gasteiger partial charge in [0.2, 0.25) is 0 Å². The molecule has 0 unspecified atom stereocenters. The van der Waals surface area contributed by atoms with Gasteiger partial charge in [0.15, 0.2) is 0 Å². The van der Waals surface area contributed by atoms with Crippen LogP contribution in [0.25, 0.3) is 11.0 Å². The second-order valence-corrected chi connectivity index (χ2v) is 3.78. The zero-order valence-electron chi connectivity index (χ0n) is 9.70. The van der Waals surface area contributed by atoms with Crippen molar-refractivity contribution in [1.29, 1.82) is 0 Å². The lowest BCUT2D eigenvalue weighted by Crippen LogP contribution is -2.32. The number of carbonyl (C=O) groups is 2. The van der Waals surface area contributed by atoms with Crippen molar-refractivity contribution < 1.29 is 14.7 Å². The molecule has 0 radical (unpaired) electrons. The van der Waals surface area contributed by atoms with E-state index in [0.717, 1.165) is 4.90 Å². The van der Waals surface area contributed by atoms with Crippen LogP contribution in [0, 0.1) is 0 Å². The lowest BCUT2D eigenvalue weighted by atomic mass is 10.1. The van der Waals surface area contributed by atoms with Gasteiger partial charge in [0, 0.05) is 19.4 Å². The van der Waals surface area contributed by atoms with E-state index < -0.39 is 5.97 Å². The molecule has 6 nitrogen and oxygen atoms in total. The van der Waals surface area contributed by atoms with E-state index in [1.165, 1.54) is 19.4 Å². The molecule has 92 valence electrons. The second-order valence-electron chi connectivity index (χ2n) is 3.78. The predicted molar refractivity (Wildman–Crippen MR) is 64.1 cm³/mol. The maximum Gasteiger partial charge on any atom is 0.323 e. The number of hydrogen-bond donors (Lipinski definition) is 1. The molecule has 1 aromatic carbocycles. The first kappa shape index (κ1) is 12.0. The van der Waals surface area contributed by atoms with Crippen molar-refractivity contribution in [1.82, 2.24) is 14.9 Å². The number of carbonyl (C=O) groups excluding carboxylic acids is 1. The molecule has 1 heterocycles. The van der Waals surface area contributed by atoms with Gasteiger partial charge in [0.05, 0.1) is 11.1 Å². The maximum atomic E-state index is 12.1. The maximum absolute atomic E-state index is 12.1. The molecule has 1 aromatic heterocycles. The molecule has 2 aromatic rings. The van der Waals surface area contributed by atoms with Gasteiger partial charge in [0.25, 0.3) is 5.91 Å². The molecule has 2 rings (SSSR count). The Morgan fingerprint density at radius 3 is 2.72 bits per heavy atom. The second kappa shape index (κ2) is 4.79. The Balaban J connectivity index is 2.42. The molecule has 0 saturated carbocycles. The Morgan fingerprint density at radius 1 is 1.28 bits per heavy atom. The summed E-state index contributed by atoms with van der Waals surface area (Å²) in [6.07, 6.45) is 3.04. The topological polar surface area (TPSA) is 83.4 Å². The number of hydrogen-bond acceptors (Lipinski definition) is 4. The summed E-state index contributed by atoms with van der Waals surface area (Å²) in [6, 6.07) is 5.05. The zero-order valence-corrected chi connectivity index (χ0v) is 9.70. The Morgan fingerprint density at radius 2 is 2.00 bits per heavy atom. The number of aliphatic carboxylic acids is 1. The van der Waals surface area contributed by atoms with Gasteiger partial charge < -0.3 is 10.0 Å². The van der Waals surface area contributed by atoms with E-state index in [0.29, 0.717) is 16.6 Å². The highest BCUT2D eigenvalue weighted by Gasteiger charge is 2.17. The minimum absolute atomic E-state index is 0.351. The Kier molecular flexibility index (Phi) is 3.18. The Bertz CT molecular complexity index is 607. The van der Waals surface area contributed by atoms with Crippen LogP contribution in [-0.2, 0) is 4.79 Å². The van der Waals surface area contributed by atoms with Gasteiger partial charge in [-0.05, 0) is 12.1 Å². The minimum Gasteiger partial charge on any atom is -0.480 e. The van der Waals surface area contributed by atoms with Crippen molar-refractivity contribution in [3.05, 3.63) is 36.2 Å². The van der Waals surface area contributed by atoms with Gasteiger partial charge in [-0.3, -0.25) is 19.6 Å². The van der Waals surface area contributed by atoms with Crippen molar-refractivity contribution in [3.63, 3.8) is 0 Å². The van der Waals surface area contributed by atoms with E-state index in [1.54, 1.807) is 18.2 Å². The third-order valence-corrected chi connectivity index (χ3v) is 2.45. The first-order valence-corrected chi connectivity index (χ1v) is 5.26. The van der Waals surface area contributed by atoms with Crippen LogP contribution in [0.3, 0.4) is 0 Å². The van der Waals surface area contributed by atoms with Gasteiger partial charge in [-0.2, -0.15) is 0 Å². The first-order chi connectivity index (χ1) is 8.59. The number of likely N-dealkylation sites (N-methyl/N-ethyl adjacent to an activating group) is 1. The third kappa shape index (κ3) is 2.27. The summed E-state index contributed by atoms with van der Waals surface area (Å²) in [5.74, 6) is -1.44. The van der Waals surface area contributed by atoms with Crippen molar-refractivity contribution in [2.45, 2.75) is 0 Å². The number of nitrogens with zero attached hydrogens (tertiary/aromatic N) is 3. The molecule has 0 saturated heterocycles. The number of amides is 1. The molecule has 0 aliphatic rings. The van der Waals surface area contributed by atoms with Gasteiger partial charge in [-0.15, -0.1) is 0 Å². The van der Waals surface area contributed by atoms with Crippen molar-refractivity contribution in [2.75, 3.05) is 13.6 Å². The number of benzene rings is 1. The molecule has 0 atom stereocenters. The lowest BCUT2D eigenvalue weighted by Gasteiger charge is -2.15. The molecular formula is C12H11N3O3. The molecule has 18 heavy (non-hydrogen) atoms. The van der Waals surface area contributed by atoms with Crippen molar-refractivity contribution >= 4 is 22.9 Å². The SMILES string of the molecule is CN(CC(=O)O)C(=O)c1cccc2nccnc12. The van der Waals surface area contributed by atoms with Gasteiger partial charge >= 0.3 is 5.97 Å². The predicted octanol–water partition coefficient (Wildman–Crippen LogP) is 0.786. The van der Waals surface area contributed by atoms with E-state index in [4.69, 9.17) is 5.11 Å². The first-order valence-electron chi connectivity index (χ1n) is 5.26. The van der Waals surface area contributed by atoms with E-state index in [-0.39, 0.29) is 12.5 Å². The van der Waals surface area contributed by atoms with Gasteiger partial charge in [-0.25, -0.2) is 0 Å². The molecule has 0 spiro atoms. The monoisotopic (exact) mass is 245 g/mol. The highest BCUT2D eigenvalue weighted by molar-refractivity contribution is 6.05. The third-order valence-electron chi connectivity index (χ3n) is 2.45. The van der Waals surface area contributed by atoms with Crippen LogP contribution >= 0.6 is 0 Å². The number of aromatic nitrogens is 2. The molecule has 1 N–H and O–H groups in total. The molecule has 0 aliphatic heterocycles. The van der Waals surface area contributed by atoms with Crippen molar-refractivity contribution in [2.24, 2.45) is 0 Å². The number of carboxylic acid groups (broad SMARTS) is 1. The summed E-state index contributed by atoms with van der Waals surface area (Å²) in [7, 11) is 1.44. The van der Waals surface area contributed by atoms with E-state index in [2.05, 4.69) is 9.97 Å². The Labute approximate surface area is 103 Å². The van der Waals surface area contributed by atoms with Crippen LogP contribution in [0.1, 0.15) is 10.4 Å². The summed E-state index contributed by atoms with van der Waals surface area (Å²) < 4.78 is 0. The largest absolute Gasteiger partial charge is 0.480 e. The van der Waals surface area contributed by atoms with Crippen molar-refractivity contribution in [3.8, 4) is 0 Å². The molecule has 0 fully saturated rings. The van der Waals surface area contributed by atoms with E-state index in [1.807, 2.05) is 0 Å². The number of para-hydroxylation sites is 1. The molecule has 0 aliphatic carbocycles. The van der Waals surface area contributed by atoms with E-state index >= 15 is 0 Å². The summed E-state index contributed by atoms with van der Waals surface area (Å²) in [5.41, 5.74) is 1.43. The normalized spacial score (nSPS) is 10.3. The molecule has 0 bridgehead atoms. The average Bonchev–Trinajstić information content (AvgIpc) is 2.36. The summed E-state index contributed by atoms with van der Waals surface area (Å²) in [5, 5.41) is 8.67. The van der Waals surface area contributed by atoms with Crippen LogP contribution in [-0.4, -0.2) is 45.4 Å². The number of fused-ring (bicyclic) bond motifs is 1. The number of rotatable bonds is 3. The number of carboxylic acids is 1. The van der Waals surface area contributed by atoms with Crippen LogP contribution in [0.2, 0.25) is 0 Å². The van der Waals surface area contributed by atoms with Gasteiger partial charge in [0.1, 0.15) is 12.1 Å². The highest BCUT2D eigenvalue weighted by Crippen LogP contribution is 2.15.